The Morgan fingerprint density at radius 2 is 1.88 bits per heavy atom. The Balaban J connectivity index is 2.18. The number of hydrogen-bond acceptors (Lipinski definition) is 5. The average Bonchev–Trinajstić information content (AvgIpc) is 3.09. The van der Waals surface area contributed by atoms with Gasteiger partial charge in [0.1, 0.15) is 5.56 Å². The lowest BCUT2D eigenvalue weighted by atomic mass is 10.0. The van der Waals surface area contributed by atoms with Gasteiger partial charge >= 0.3 is 11.9 Å². The highest BCUT2D eigenvalue weighted by molar-refractivity contribution is 6.42. The molecule has 2 aromatic heterocycles. The van der Waals surface area contributed by atoms with E-state index in [4.69, 9.17) is 27.9 Å². The number of nitrogens with zero attached hydrogens (tertiary/aromatic N) is 3. The molecule has 0 bridgehead atoms. The lowest BCUT2D eigenvalue weighted by Crippen LogP contribution is -2.24. The second-order valence-electron chi connectivity index (χ2n) is 6.98. The lowest BCUT2D eigenvalue weighted by Gasteiger charge is -2.20. The Labute approximate surface area is 194 Å². The molecule has 1 aromatic carbocycles. The maximum Gasteiger partial charge on any atom is 0.359 e. The molecule has 0 fully saturated rings. The SMILES string of the molecule is CCOC(=O)c1nn(Cc2cc(=O)c(C(=O)O)c(-c3ccc(Cl)c(Cl)c3)n2CC)cc1C. The van der Waals surface area contributed by atoms with Crippen LogP contribution in [0, 0.1) is 6.92 Å². The van der Waals surface area contributed by atoms with Gasteiger partial charge in [-0.1, -0.05) is 29.3 Å². The summed E-state index contributed by atoms with van der Waals surface area (Å²) in [5.41, 5.74) is 0.980. The topological polar surface area (TPSA) is 103 Å². The standard InChI is InChI=1S/C22H21Cl2N3O5/c1-4-27-14(11-26-10-12(3)19(25-26)22(31)32-5-2)9-17(28)18(21(29)30)20(27)13-6-7-15(23)16(24)8-13/h6-10H,4-5,11H2,1-3H3,(H,29,30). The Kier molecular flexibility index (Phi) is 7.06. The van der Waals surface area contributed by atoms with Crippen molar-refractivity contribution in [2.45, 2.75) is 33.9 Å². The molecule has 8 nitrogen and oxygen atoms in total. The number of carboxylic acid groups (broad SMARTS) is 1. The van der Waals surface area contributed by atoms with Crippen LogP contribution in [0.4, 0.5) is 0 Å². The first-order chi connectivity index (χ1) is 15.2. The minimum absolute atomic E-state index is 0.136. The molecule has 3 aromatic rings. The summed E-state index contributed by atoms with van der Waals surface area (Å²) in [6, 6.07) is 5.96. The number of aromatic nitrogens is 3. The number of aromatic carboxylic acids is 1. The van der Waals surface area contributed by atoms with Gasteiger partial charge in [0.15, 0.2) is 11.1 Å². The van der Waals surface area contributed by atoms with Gasteiger partial charge < -0.3 is 14.4 Å². The number of halogens is 2. The van der Waals surface area contributed by atoms with Crippen molar-refractivity contribution in [3.8, 4) is 11.3 Å². The third kappa shape index (κ3) is 4.56. The Morgan fingerprint density at radius 1 is 1.16 bits per heavy atom. The number of aryl methyl sites for hydroxylation is 1. The van der Waals surface area contributed by atoms with Gasteiger partial charge in [0.25, 0.3) is 0 Å². The van der Waals surface area contributed by atoms with Gasteiger partial charge in [0.2, 0.25) is 0 Å². The van der Waals surface area contributed by atoms with Gasteiger partial charge in [-0.25, -0.2) is 9.59 Å². The van der Waals surface area contributed by atoms with Crippen molar-refractivity contribution in [3.63, 3.8) is 0 Å². The van der Waals surface area contributed by atoms with Gasteiger partial charge in [-0.3, -0.25) is 9.48 Å². The molecule has 0 aliphatic carbocycles. The zero-order valence-electron chi connectivity index (χ0n) is 17.7. The van der Waals surface area contributed by atoms with Crippen LogP contribution in [0.5, 0.6) is 0 Å². The summed E-state index contributed by atoms with van der Waals surface area (Å²) in [6.07, 6.45) is 1.67. The highest BCUT2D eigenvalue weighted by atomic mass is 35.5. The van der Waals surface area contributed by atoms with E-state index in [2.05, 4.69) is 5.10 Å². The molecule has 0 aliphatic rings. The maximum atomic E-state index is 12.8. The summed E-state index contributed by atoms with van der Waals surface area (Å²) >= 11 is 12.2. The first-order valence-corrected chi connectivity index (χ1v) is 10.6. The molecule has 32 heavy (non-hydrogen) atoms. The number of esters is 1. The fraction of sp³-hybridized carbons (Fsp3) is 0.273. The summed E-state index contributed by atoms with van der Waals surface area (Å²) in [6.45, 7) is 6.01. The van der Waals surface area contributed by atoms with Crippen molar-refractivity contribution in [2.24, 2.45) is 0 Å². The van der Waals surface area contributed by atoms with Crippen molar-refractivity contribution in [2.75, 3.05) is 6.61 Å². The van der Waals surface area contributed by atoms with Crippen LogP contribution in [0.2, 0.25) is 10.0 Å². The van der Waals surface area contributed by atoms with Crippen molar-refractivity contribution in [1.29, 1.82) is 0 Å². The third-order valence-electron chi connectivity index (χ3n) is 4.86. The van der Waals surface area contributed by atoms with Gasteiger partial charge in [0.05, 0.1) is 28.9 Å². The third-order valence-corrected chi connectivity index (χ3v) is 5.60. The van der Waals surface area contributed by atoms with Crippen LogP contribution in [-0.2, 0) is 17.8 Å². The Hall–Kier alpha value is -3.10. The quantitative estimate of drug-likeness (QED) is 0.509. The molecule has 2 heterocycles. The summed E-state index contributed by atoms with van der Waals surface area (Å²) < 4.78 is 8.25. The Bertz CT molecular complexity index is 1260. The lowest BCUT2D eigenvalue weighted by molar-refractivity contribution is 0.0517. The maximum absolute atomic E-state index is 12.8. The first-order valence-electron chi connectivity index (χ1n) is 9.84. The van der Waals surface area contributed by atoms with Gasteiger partial charge in [-0.15, -0.1) is 0 Å². The number of carbonyl (C=O) groups excluding carboxylic acids is 1. The van der Waals surface area contributed by atoms with Crippen molar-refractivity contribution >= 4 is 35.1 Å². The monoisotopic (exact) mass is 477 g/mol. The highest BCUT2D eigenvalue weighted by Gasteiger charge is 2.23. The van der Waals surface area contributed by atoms with Crippen LogP contribution in [0.15, 0.2) is 35.3 Å². The zero-order chi connectivity index (χ0) is 23.6. The highest BCUT2D eigenvalue weighted by Crippen LogP contribution is 2.30. The second kappa shape index (κ2) is 9.58. The molecule has 0 saturated carbocycles. The van der Waals surface area contributed by atoms with Crippen LogP contribution in [0.1, 0.15) is 46.0 Å². The number of hydrogen-bond donors (Lipinski definition) is 1. The van der Waals surface area contributed by atoms with E-state index in [9.17, 15) is 19.5 Å². The fourth-order valence-corrected chi connectivity index (χ4v) is 3.81. The molecule has 1 N–H and O–H groups in total. The van der Waals surface area contributed by atoms with Crippen molar-refractivity contribution < 1.29 is 19.4 Å². The number of pyridine rings is 1. The molecule has 10 heteroatoms. The molecule has 168 valence electrons. The molecule has 0 aliphatic heterocycles. The van der Waals surface area contributed by atoms with Crippen LogP contribution >= 0.6 is 23.2 Å². The minimum atomic E-state index is -1.34. The predicted molar refractivity (Wildman–Crippen MR) is 121 cm³/mol. The number of carboxylic acids is 1. The van der Waals surface area contributed by atoms with E-state index in [0.717, 1.165) is 0 Å². The molecule has 0 atom stereocenters. The molecule has 0 saturated heterocycles. The van der Waals surface area contributed by atoms with Crippen molar-refractivity contribution in [3.05, 3.63) is 73.2 Å². The molecule has 3 rings (SSSR count). The van der Waals surface area contributed by atoms with E-state index >= 15 is 0 Å². The average molecular weight is 478 g/mol. The van der Waals surface area contributed by atoms with Gasteiger partial charge in [0, 0.05) is 35.6 Å². The molecule has 0 radical (unpaired) electrons. The van der Waals surface area contributed by atoms with E-state index in [-0.39, 0.29) is 35.1 Å². The van der Waals surface area contributed by atoms with Crippen LogP contribution < -0.4 is 5.43 Å². The van der Waals surface area contributed by atoms with E-state index in [0.29, 0.717) is 28.4 Å². The van der Waals surface area contributed by atoms with Crippen LogP contribution in [0.25, 0.3) is 11.3 Å². The molecule has 0 spiro atoms. The Morgan fingerprint density at radius 3 is 2.47 bits per heavy atom. The van der Waals surface area contributed by atoms with Crippen LogP contribution in [0.3, 0.4) is 0 Å². The summed E-state index contributed by atoms with van der Waals surface area (Å²) in [7, 11) is 0. The molecule has 0 amide bonds. The van der Waals surface area contributed by atoms with E-state index in [1.54, 1.807) is 36.7 Å². The summed E-state index contributed by atoms with van der Waals surface area (Å²) in [5.74, 6) is -1.88. The number of ether oxygens (including phenoxy) is 1. The van der Waals surface area contributed by atoms with E-state index in [1.807, 2.05) is 6.92 Å². The molecule has 0 unspecified atom stereocenters. The first kappa shape index (κ1) is 23.6. The van der Waals surface area contributed by atoms with E-state index in [1.165, 1.54) is 16.8 Å². The predicted octanol–water partition coefficient (Wildman–Crippen LogP) is 4.27. The minimum Gasteiger partial charge on any atom is -0.477 e. The normalized spacial score (nSPS) is 10.9. The summed E-state index contributed by atoms with van der Waals surface area (Å²) in [4.78, 5) is 36.8. The zero-order valence-corrected chi connectivity index (χ0v) is 19.2. The van der Waals surface area contributed by atoms with Crippen molar-refractivity contribution in [1.82, 2.24) is 14.3 Å². The second-order valence-corrected chi connectivity index (χ2v) is 7.80. The summed E-state index contributed by atoms with van der Waals surface area (Å²) in [5, 5.41) is 14.6. The largest absolute Gasteiger partial charge is 0.477 e. The molecular weight excluding hydrogens is 457 g/mol. The van der Waals surface area contributed by atoms with E-state index < -0.39 is 17.4 Å². The fourth-order valence-electron chi connectivity index (χ4n) is 3.51. The molecular formula is C22H21Cl2N3O5. The van der Waals surface area contributed by atoms with Gasteiger partial charge in [-0.2, -0.15) is 5.10 Å². The number of rotatable bonds is 7. The number of benzene rings is 1. The van der Waals surface area contributed by atoms with Crippen LogP contribution in [-0.4, -0.2) is 38.0 Å². The smallest absolute Gasteiger partial charge is 0.359 e. The number of carbonyl (C=O) groups is 2. The van der Waals surface area contributed by atoms with Gasteiger partial charge in [-0.05, 0) is 32.9 Å².